The molecule has 1 atom stereocenters. The zero-order valence-corrected chi connectivity index (χ0v) is 11.6. The van der Waals surface area contributed by atoms with Gasteiger partial charge in [-0.25, -0.2) is 0 Å². The molecule has 0 bridgehead atoms. The van der Waals surface area contributed by atoms with Crippen molar-refractivity contribution >= 4 is 27.3 Å². The lowest BCUT2D eigenvalue weighted by Crippen LogP contribution is -1.98. The van der Waals surface area contributed by atoms with Crippen LogP contribution in [0.5, 0.6) is 0 Å². The van der Waals surface area contributed by atoms with E-state index in [2.05, 4.69) is 15.9 Å². The molecular weight excluding hydrogens is 284 g/mol. The number of halogens is 1. The van der Waals surface area contributed by atoms with Crippen LogP contribution in [0.25, 0.3) is 0 Å². The van der Waals surface area contributed by atoms with E-state index in [-0.39, 0.29) is 0 Å². The van der Waals surface area contributed by atoms with E-state index in [1.165, 1.54) is 4.88 Å². The maximum atomic E-state index is 10.2. The summed E-state index contributed by atoms with van der Waals surface area (Å²) in [6.45, 7) is 4.08. The number of aliphatic hydroxyl groups excluding tert-OH is 1. The summed E-state index contributed by atoms with van der Waals surface area (Å²) in [5.41, 5.74) is 3.06. The molecule has 1 unspecified atom stereocenters. The molecular formula is C13H13BrOS. The van der Waals surface area contributed by atoms with Gasteiger partial charge in [-0.15, -0.1) is 11.3 Å². The fourth-order valence-corrected chi connectivity index (χ4v) is 3.07. The number of thiophene rings is 1. The fraction of sp³-hybridized carbons (Fsp3) is 0.231. The summed E-state index contributed by atoms with van der Waals surface area (Å²) in [5.74, 6) is 0. The minimum absolute atomic E-state index is 0.527. The molecule has 0 amide bonds. The van der Waals surface area contributed by atoms with Crippen LogP contribution in [0.3, 0.4) is 0 Å². The zero-order valence-electron chi connectivity index (χ0n) is 9.20. The molecule has 1 N–H and O–H groups in total. The summed E-state index contributed by atoms with van der Waals surface area (Å²) in [4.78, 5) is 1.22. The van der Waals surface area contributed by atoms with E-state index in [1.807, 2.05) is 43.5 Å². The molecule has 0 aliphatic heterocycles. The summed E-state index contributed by atoms with van der Waals surface area (Å²) < 4.78 is 1.01. The highest BCUT2D eigenvalue weighted by Gasteiger charge is 2.12. The first kappa shape index (κ1) is 11.8. The van der Waals surface area contributed by atoms with Crippen molar-refractivity contribution < 1.29 is 5.11 Å². The predicted molar refractivity (Wildman–Crippen MR) is 72.0 cm³/mol. The number of aryl methyl sites for hydroxylation is 2. The summed E-state index contributed by atoms with van der Waals surface area (Å²) in [6, 6.07) is 8.05. The number of hydrogen-bond donors (Lipinski definition) is 1. The van der Waals surface area contributed by atoms with Crippen LogP contribution in [0, 0.1) is 13.8 Å². The Hall–Kier alpha value is -0.640. The molecule has 16 heavy (non-hydrogen) atoms. The third-order valence-corrected chi connectivity index (χ3v) is 3.78. The van der Waals surface area contributed by atoms with Crippen molar-refractivity contribution in [2.45, 2.75) is 20.0 Å². The SMILES string of the molecule is Cc1cc(Br)cc(C(O)c2csc(C)c2)c1. The zero-order chi connectivity index (χ0) is 11.7. The lowest BCUT2D eigenvalue weighted by atomic mass is 10.0. The van der Waals surface area contributed by atoms with E-state index >= 15 is 0 Å². The van der Waals surface area contributed by atoms with Crippen molar-refractivity contribution in [1.82, 2.24) is 0 Å². The van der Waals surface area contributed by atoms with Crippen LogP contribution in [-0.2, 0) is 0 Å². The number of benzene rings is 1. The third kappa shape index (κ3) is 2.54. The molecule has 1 aromatic heterocycles. The van der Waals surface area contributed by atoms with Crippen LogP contribution in [0.4, 0.5) is 0 Å². The van der Waals surface area contributed by atoms with Crippen molar-refractivity contribution in [2.75, 3.05) is 0 Å². The molecule has 0 saturated heterocycles. The second-order valence-corrected chi connectivity index (χ2v) is 5.99. The molecule has 1 heterocycles. The first-order valence-electron chi connectivity index (χ1n) is 5.06. The Morgan fingerprint density at radius 2 is 1.88 bits per heavy atom. The molecule has 84 valence electrons. The molecule has 0 fully saturated rings. The average Bonchev–Trinajstić information content (AvgIpc) is 2.62. The van der Waals surface area contributed by atoms with Gasteiger partial charge in [-0.2, -0.15) is 0 Å². The van der Waals surface area contributed by atoms with Gasteiger partial charge in [0.15, 0.2) is 0 Å². The van der Waals surface area contributed by atoms with Gasteiger partial charge in [0.05, 0.1) is 0 Å². The molecule has 0 aliphatic carbocycles. The van der Waals surface area contributed by atoms with Crippen molar-refractivity contribution in [3.05, 3.63) is 55.7 Å². The molecule has 1 nitrogen and oxygen atoms in total. The molecule has 0 radical (unpaired) electrons. The summed E-state index contributed by atoms with van der Waals surface area (Å²) >= 11 is 5.11. The lowest BCUT2D eigenvalue weighted by Gasteiger charge is -2.10. The molecule has 3 heteroatoms. The van der Waals surface area contributed by atoms with E-state index in [0.717, 1.165) is 21.2 Å². The van der Waals surface area contributed by atoms with Crippen molar-refractivity contribution in [3.8, 4) is 0 Å². The van der Waals surface area contributed by atoms with E-state index in [1.54, 1.807) is 11.3 Å². The van der Waals surface area contributed by atoms with Crippen molar-refractivity contribution in [1.29, 1.82) is 0 Å². The second kappa shape index (κ2) is 4.70. The van der Waals surface area contributed by atoms with Crippen LogP contribution >= 0.6 is 27.3 Å². The highest BCUT2D eigenvalue weighted by Crippen LogP contribution is 2.28. The Bertz CT molecular complexity index is 484. The van der Waals surface area contributed by atoms with Gasteiger partial charge >= 0.3 is 0 Å². The van der Waals surface area contributed by atoms with Gasteiger partial charge in [0.2, 0.25) is 0 Å². The minimum Gasteiger partial charge on any atom is -0.384 e. The molecule has 0 spiro atoms. The topological polar surface area (TPSA) is 20.2 Å². The molecule has 0 aliphatic rings. The predicted octanol–water partition coefficient (Wildman–Crippen LogP) is 4.21. The second-order valence-electron chi connectivity index (χ2n) is 3.96. The number of hydrogen-bond acceptors (Lipinski definition) is 2. The van der Waals surface area contributed by atoms with Gasteiger partial charge < -0.3 is 5.11 Å². The monoisotopic (exact) mass is 296 g/mol. The maximum absolute atomic E-state index is 10.2. The van der Waals surface area contributed by atoms with Crippen LogP contribution in [0.1, 0.15) is 27.7 Å². The van der Waals surface area contributed by atoms with Gasteiger partial charge in [0, 0.05) is 9.35 Å². The quantitative estimate of drug-likeness (QED) is 0.880. The molecule has 0 saturated carbocycles. The highest BCUT2D eigenvalue weighted by atomic mass is 79.9. The van der Waals surface area contributed by atoms with E-state index in [0.29, 0.717) is 0 Å². The summed E-state index contributed by atoms with van der Waals surface area (Å²) in [6.07, 6.45) is -0.527. The standard InChI is InChI=1S/C13H13BrOS/c1-8-3-10(6-12(14)4-8)13(15)11-5-9(2)16-7-11/h3-7,13,15H,1-2H3. The van der Waals surface area contributed by atoms with Crippen LogP contribution in [0.2, 0.25) is 0 Å². The molecule has 2 aromatic rings. The highest BCUT2D eigenvalue weighted by molar-refractivity contribution is 9.10. The van der Waals surface area contributed by atoms with Gasteiger partial charge in [-0.1, -0.05) is 22.0 Å². The number of aliphatic hydroxyl groups is 1. The van der Waals surface area contributed by atoms with Crippen molar-refractivity contribution in [3.63, 3.8) is 0 Å². The van der Waals surface area contributed by atoms with Crippen molar-refractivity contribution in [2.24, 2.45) is 0 Å². The first-order chi connectivity index (χ1) is 7.56. The Balaban J connectivity index is 2.37. The fourth-order valence-electron chi connectivity index (χ4n) is 1.72. The van der Waals surface area contributed by atoms with E-state index in [9.17, 15) is 5.11 Å². The molecule has 2 rings (SSSR count). The Labute approximate surface area is 108 Å². The maximum Gasteiger partial charge on any atom is 0.105 e. The van der Waals surface area contributed by atoms with E-state index < -0.39 is 6.10 Å². The summed E-state index contributed by atoms with van der Waals surface area (Å²) in [7, 11) is 0. The largest absolute Gasteiger partial charge is 0.384 e. The minimum atomic E-state index is -0.527. The lowest BCUT2D eigenvalue weighted by molar-refractivity contribution is 0.220. The normalized spacial score (nSPS) is 12.8. The number of rotatable bonds is 2. The van der Waals surface area contributed by atoms with Gasteiger partial charge in [-0.3, -0.25) is 0 Å². The van der Waals surface area contributed by atoms with Gasteiger partial charge in [0.1, 0.15) is 6.10 Å². The van der Waals surface area contributed by atoms with Gasteiger partial charge in [-0.05, 0) is 54.1 Å². The molecule has 1 aromatic carbocycles. The smallest absolute Gasteiger partial charge is 0.105 e. The van der Waals surface area contributed by atoms with Crippen LogP contribution < -0.4 is 0 Å². The third-order valence-electron chi connectivity index (χ3n) is 2.45. The van der Waals surface area contributed by atoms with Crippen LogP contribution in [-0.4, -0.2) is 5.11 Å². The Kier molecular flexibility index (Phi) is 3.47. The summed E-state index contributed by atoms with van der Waals surface area (Å²) in [5, 5.41) is 12.3. The Morgan fingerprint density at radius 1 is 1.12 bits per heavy atom. The first-order valence-corrected chi connectivity index (χ1v) is 6.74. The average molecular weight is 297 g/mol. The van der Waals surface area contributed by atoms with Crippen LogP contribution in [0.15, 0.2) is 34.1 Å². The Morgan fingerprint density at radius 3 is 2.44 bits per heavy atom. The van der Waals surface area contributed by atoms with E-state index in [4.69, 9.17) is 0 Å². The van der Waals surface area contributed by atoms with Gasteiger partial charge in [0.25, 0.3) is 0 Å².